The van der Waals surface area contributed by atoms with Crippen molar-refractivity contribution in [3.63, 3.8) is 0 Å². The van der Waals surface area contributed by atoms with E-state index in [2.05, 4.69) is 5.32 Å². The smallest absolute Gasteiger partial charge is 0.317 e. The maximum atomic E-state index is 12.8. The van der Waals surface area contributed by atoms with E-state index in [-0.39, 0.29) is 11.8 Å². The molecule has 3 rings (SSSR count). The summed E-state index contributed by atoms with van der Waals surface area (Å²) in [5.41, 5.74) is 1.10. The van der Waals surface area contributed by atoms with Crippen LogP contribution in [0.15, 0.2) is 54.6 Å². The summed E-state index contributed by atoms with van der Waals surface area (Å²) in [7, 11) is 0. The topological polar surface area (TPSA) is 41.6 Å². The highest BCUT2D eigenvalue weighted by Gasteiger charge is 2.25. The zero-order valence-electron chi connectivity index (χ0n) is 14.2. The van der Waals surface area contributed by atoms with E-state index >= 15 is 0 Å². The van der Waals surface area contributed by atoms with Gasteiger partial charge >= 0.3 is 6.03 Å². The predicted molar refractivity (Wildman–Crippen MR) is 94.9 cm³/mol. The molecule has 0 aromatic heterocycles. The second-order valence-electron chi connectivity index (χ2n) is 6.34. The molecule has 132 valence electrons. The number of carbonyl (C=O) groups is 1. The van der Waals surface area contributed by atoms with E-state index in [1.54, 1.807) is 12.1 Å². The Morgan fingerprint density at radius 3 is 2.68 bits per heavy atom. The fourth-order valence-electron chi connectivity index (χ4n) is 3.01. The monoisotopic (exact) mass is 342 g/mol. The van der Waals surface area contributed by atoms with Crippen molar-refractivity contribution in [3.8, 4) is 5.75 Å². The van der Waals surface area contributed by atoms with Crippen LogP contribution in [0.4, 0.5) is 9.18 Å². The molecule has 5 heteroatoms. The molecule has 1 heterocycles. The molecule has 1 aliphatic heterocycles. The molecule has 0 bridgehead atoms. The molecule has 0 aliphatic carbocycles. The summed E-state index contributed by atoms with van der Waals surface area (Å²) >= 11 is 0. The molecule has 1 unspecified atom stereocenters. The van der Waals surface area contributed by atoms with Crippen molar-refractivity contribution >= 4 is 6.03 Å². The Labute approximate surface area is 147 Å². The molecule has 2 amide bonds. The van der Waals surface area contributed by atoms with Gasteiger partial charge in [-0.1, -0.05) is 30.3 Å². The van der Waals surface area contributed by atoms with Crippen molar-refractivity contribution in [2.24, 2.45) is 5.92 Å². The van der Waals surface area contributed by atoms with Crippen LogP contribution in [-0.4, -0.2) is 30.6 Å². The number of hydrogen-bond acceptors (Lipinski definition) is 2. The second-order valence-corrected chi connectivity index (χ2v) is 6.34. The molecule has 0 spiro atoms. The van der Waals surface area contributed by atoms with Gasteiger partial charge in [0.1, 0.15) is 11.6 Å². The molecule has 1 atom stereocenters. The van der Waals surface area contributed by atoms with E-state index in [4.69, 9.17) is 4.74 Å². The molecule has 0 saturated carbocycles. The van der Waals surface area contributed by atoms with E-state index < -0.39 is 0 Å². The normalized spacial score (nSPS) is 16.7. The van der Waals surface area contributed by atoms with E-state index in [9.17, 15) is 9.18 Å². The Bertz CT molecular complexity index is 676. The molecule has 2 aromatic carbocycles. The zero-order valence-corrected chi connectivity index (χ0v) is 14.2. The first-order valence-electron chi connectivity index (χ1n) is 8.66. The largest absolute Gasteiger partial charge is 0.494 e. The predicted octanol–water partition coefficient (Wildman–Crippen LogP) is 3.83. The number of ether oxygens (including phenoxy) is 1. The van der Waals surface area contributed by atoms with E-state index in [1.807, 2.05) is 35.2 Å². The highest BCUT2D eigenvalue weighted by molar-refractivity contribution is 5.74. The summed E-state index contributed by atoms with van der Waals surface area (Å²) in [4.78, 5) is 14.1. The average molecular weight is 342 g/mol. The molecule has 2 aromatic rings. The van der Waals surface area contributed by atoms with Gasteiger partial charge in [0.15, 0.2) is 0 Å². The Kier molecular flexibility index (Phi) is 5.88. The molecule has 1 N–H and O–H groups in total. The molecule has 25 heavy (non-hydrogen) atoms. The summed E-state index contributed by atoms with van der Waals surface area (Å²) in [6.45, 7) is 2.67. The summed E-state index contributed by atoms with van der Waals surface area (Å²) < 4.78 is 18.5. The minimum atomic E-state index is -0.264. The number of nitrogens with zero attached hydrogens (tertiary/aromatic N) is 1. The summed E-state index contributed by atoms with van der Waals surface area (Å²) in [5, 5.41) is 2.97. The SMILES string of the molecule is O=C(NCc1ccccc1)N1CCC(CCOc2ccc(F)cc2)C1. The number of carbonyl (C=O) groups excluding carboxylic acids is 1. The third-order valence-electron chi connectivity index (χ3n) is 4.47. The number of nitrogens with one attached hydrogen (secondary N) is 1. The molecular formula is C20H23FN2O2. The summed E-state index contributed by atoms with van der Waals surface area (Å²) in [5.74, 6) is 0.861. The van der Waals surface area contributed by atoms with Gasteiger partial charge in [0.25, 0.3) is 0 Å². The van der Waals surface area contributed by atoms with Crippen molar-refractivity contribution in [1.82, 2.24) is 10.2 Å². The van der Waals surface area contributed by atoms with Gasteiger partial charge < -0.3 is 15.0 Å². The minimum Gasteiger partial charge on any atom is -0.494 e. The van der Waals surface area contributed by atoms with Gasteiger partial charge in [-0.05, 0) is 48.6 Å². The van der Waals surface area contributed by atoms with Gasteiger partial charge in [0.2, 0.25) is 0 Å². The standard InChI is InChI=1S/C20H23FN2O2/c21-18-6-8-19(9-7-18)25-13-11-17-10-12-23(15-17)20(24)22-14-16-4-2-1-3-5-16/h1-9,17H,10-15H2,(H,22,24). The van der Waals surface area contributed by atoms with Crippen molar-refractivity contribution in [2.45, 2.75) is 19.4 Å². The summed E-state index contributed by atoms with van der Waals surface area (Å²) in [6, 6.07) is 15.9. The molecule has 1 aliphatic rings. The molecule has 1 saturated heterocycles. The van der Waals surface area contributed by atoms with Crippen molar-refractivity contribution in [1.29, 1.82) is 0 Å². The van der Waals surface area contributed by atoms with Gasteiger partial charge in [-0.25, -0.2) is 9.18 Å². The number of halogens is 1. The molecule has 1 fully saturated rings. The first kappa shape index (κ1) is 17.3. The Morgan fingerprint density at radius 1 is 1.16 bits per heavy atom. The third kappa shape index (κ3) is 5.21. The van der Waals surface area contributed by atoms with Crippen LogP contribution in [0.1, 0.15) is 18.4 Å². The van der Waals surface area contributed by atoms with Crippen molar-refractivity contribution < 1.29 is 13.9 Å². The van der Waals surface area contributed by atoms with Gasteiger partial charge in [-0.15, -0.1) is 0 Å². The van der Waals surface area contributed by atoms with Gasteiger partial charge in [-0.3, -0.25) is 0 Å². The number of rotatable bonds is 6. The first-order chi connectivity index (χ1) is 12.2. The lowest BCUT2D eigenvalue weighted by Gasteiger charge is -2.17. The number of hydrogen-bond donors (Lipinski definition) is 1. The zero-order chi connectivity index (χ0) is 17.5. The first-order valence-corrected chi connectivity index (χ1v) is 8.66. The Morgan fingerprint density at radius 2 is 1.92 bits per heavy atom. The van der Waals surface area contributed by atoms with E-state index in [0.717, 1.165) is 31.5 Å². The third-order valence-corrected chi connectivity index (χ3v) is 4.47. The average Bonchev–Trinajstić information content (AvgIpc) is 3.11. The van der Waals surface area contributed by atoms with Gasteiger partial charge in [0, 0.05) is 19.6 Å². The maximum absolute atomic E-state index is 12.8. The second kappa shape index (κ2) is 8.51. The number of amides is 2. The van der Waals surface area contributed by atoms with Crippen LogP contribution in [0.25, 0.3) is 0 Å². The van der Waals surface area contributed by atoms with Crippen molar-refractivity contribution in [3.05, 3.63) is 66.0 Å². The highest BCUT2D eigenvalue weighted by atomic mass is 19.1. The van der Waals surface area contributed by atoms with Crippen LogP contribution in [0, 0.1) is 11.7 Å². The van der Waals surface area contributed by atoms with Gasteiger partial charge in [-0.2, -0.15) is 0 Å². The lowest BCUT2D eigenvalue weighted by molar-refractivity contribution is 0.204. The summed E-state index contributed by atoms with van der Waals surface area (Å²) in [6.07, 6.45) is 1.88. The van der Waals surface area contributed by atoms with Crippen LogP contribution >= 0.6 is 0 Å². The molecule has 0 radical (unpaired) electrons. The van der Waals surface area contributed by atoms with Crippen LogP contribution in [0.2, 0.25) is 0 Å². The van der Waals surface area contributed by atoms with Crippen molar-refractivity contribution in [2.75, 3.05) is 19.7 Å². The van der Waals surface area contributed by atoms with Crippen LogP contribution in [-0.2, 0) is 6.54 Å². The fourth-order valence-corrected chi connectivity index (χ4v) is 3.01. The van der Waals surface area contributed by atoms with Crippen LogP contribution in [0.3, 0.4) is 0 Å². The number of benzene rings is 2. The van der Waals surface area contributed by atoms with E-state index in [1.165, 1.54) is 12.1 Å². The lowest BCUT2D eigenvalue weighted by atomic mass is 10.1. The van der Waals surface area contributed by atoms with Gasteiger partial charge in [0.05, 0.1) is 6.61 Å². The van der Waals surface area contributed by atoms with Crippen LogP contribution < -0.4 is 10.1 Å². The number of urea groups is 1. The lowest BCUT2D eigenvalue weighted by Crippen LogP contribution is -2.38. The maximum Gasteiger partial charge on any atom is 0.317 e. The molecule has 4 nitrogen and oxygen atoms in total. The Hall–Kier alpha value is -2.56. The number of likely N-dealkylation sites (tertiary alicyclic amines) is 1. The van der Waals surface area contributed by atoms with Crippen LogP contribution in [0.5, 0.6) is 5.75 Å². The highest BCUT2D eigenvalue weighted by Crippen LogP contribution is 2.20. The quantitative estimate of drug-likeness (QED) is 0.867. The minimum absolute atomic E-state index is 0.00851. The Balaban J connectivity index is 1.36. The van der Waals surface area contributed by atoms with E-state index in [0.29, 0.717) is 24.8 Å². The molecular weight excluding hydrogens is 319 g/mol. The fraction of sp³-hybridized carbons (Fsp3) is 0.350.